The quantitative estimate of drug-likeness (QED) is 0.338. The monoisotopic (exact) mass is 130 g/mol. The maximum absolute atomic E-state index is 12.3. The van der Waals surface area contributed by atoms with Crippen molar-refractivity contribution < 1.29 is 4.39 Å². The molecule has 0 aliphatic heterocycles. The number of nitrogens with two attached hydrogens (primary N) is 1. The van der Waals surface area contributed by atoms with E-state index in [1.807, 2.05) is 0 Å². The number of nitrogens with one attached hydrogen (secondary N) is 1. The molecule has 0 radical (unpaired) electrons. The van der Waals surface area contributed by atoms with E-state index in [1.54, 1.807) is 0 Å². The topological polar surface area (TPSA) is 38.0 Å². The summed E-state index contributed by atoms with van der Waals surface area (Å²) in [5, 5.41) is 0. The van der Waals surface area contributed by atoms with E-state index < -0.39 is 0 Å². The Morgan fingerprint density at radius 3 is 2.56 bits per heavy atom. The summed E-state index contributed by atoms with van der Waals surface area (Å²) >= 11 is 0. The molecule has 0 aromatic carbocycles. The van der Waals surface area contributed by atoms with E-state index in [-0.39, 0.29) is 5.83 Å². The summed E-state index contributed by atoms with van der Waals surface area (Å²) < 4.78 is 12.3. The predicted octanol–water partition coefficient (Wildman–Crippen LogP) is 0.879. The van der Waals surface area contributed by atoms with Gasteiger partial charge in [-0.1, -0.05) is 12.7 Å². The lowest BCUT2D eigenvalue weighted by Gasteiger charge is -1.98. The second-order valence-corrected chi connectivity index (χ2v) is 1.64. The van der Waals surface area contributed by atoms with E-state index in [0.29, 0.717) is 12.1 Å². The Morgan fingerprint density at radius 1 is 1.89 bits per heavy atom. The molecule has 0 spiro atoms. The third kappa shape index (κ3) is 3.00. The van der Waals surface area contributed by atoms with Gasteiger partial charge in [-0.2, -0.15) is 0 Å². The SMILES string of the molecule is C=C/C(CNN)=C(\C)F. The normalized spacial score (nSPS) is 12.8. The minimum Gasteiger partial charge on any atom is -0.271 e. The highest BCUT2D eigenvalue weighted by atomic mass is 19.1. The van der Waals surface area contributed by atoms with Gasteiger partial charge in [0.05, 0.1) is 0 Å². The Hall–Kier alpha value is -0.670. The highest BCUT2D eigenvalue weighted by Gasteiger charge is 1.93. The van der Waals surface area contributed by atoms with Crippen LogP contribution in [0.15, 0.2) is 24.1 Å². The van der Waals surface area contributed by atoms with Crippen LogP contribution in [-0.2, 0) is 0 Å². The number of rotatable bonds is 3. The molecule has 0 amide bonds. The van der Waals surface area contributed by atoms with Gasteiger partial charge in [0.2, 0.25) is 0 Å². The maximum Gasteiger partial charge on any atom is 0.101 e. The van der Waals surface area contributed by atoms with E-state index in [1.165, 1.54) is 13.0 Å². The summed E-state index contributed by atoms with van der Waals surface area (Å²) in [4.78, 5) is 0. The van der Waals surface area contributed by atoms with Crippen molar-refractivity contribution in [2.45, 2.75) is 6.92 Å². The molecule has 0 aromatic rings. The molecule has 0 unspecified atom stereocenters. The molecule has 0 aliphatic carbocycles. The van der Waals surface area contributed by atoms with Gasteiger partial charge in [0.25, 0.3) is 0 Å². The van der Waals surface area contributed by atoms with Crippen LogP contribution in [0.25, 0.3) is 0 Å². The van der Waals surface area contributed by atoms with Crippen molar-refractivity contribution >= 4 is 0 Å². The molecule has 52 valence electrons. The highest BCUT2D eigenvalue weighted by molar-refractivity contribution is 5.19. The fourth-order valence-corrected chi connectivity index (χ4v) is 0.445. The minimum absolute atomic E-state index is 0.247. The van der Waals surface area contributed by atoms with Gasteiger partial charge in [0.1, 0.15) is 5.83 Å². The summed E-state index contributed by atoms with van der Waals surface area (Å²) in [6, 6.07) is 0. The largest absolute Gasteiger partial charge is 0.271 e. The van der Waals surface area contributed by atoms with Gasteiger partial charge in [-0.15, -0.1) is 0 Å². The Morgan fingerprint density at radius 2 is 2.44 bits per heavy atom. The van der Waals surface area contributed by atoms with Gasteiger partial charge in [-0.05, 0) is 12.5 Å². The second kappa shape index (κ2) is 4.23. The molecule has 0 heterocycles. The third-order valence-corrected chi connectivity index (χ3v) is 0.981. The number of allylic oxidation sites excluding steroid dienone is 1. The Bertz CT molecular complexity index is 125. The molecule has 9 heavy (non-hydrogen) atoms. The first kappa shape index (κ1) is 8.33. The van der Waals surface area contributed by atoms with E-state index in [9.17, 15) is 4.39 Å². The van der Waals surface area contributed by atoms with Crippen molar-refractivity contribution in [3.8, 4) is 0 Å². The van der Waals surface area contributed by atoms with Crippen molar-refractivity contribution in [1.82, 2.24) is 5.43 Å². The van der Waals surface area contributed by atoms with Crippen LogP contribution in [0.1, 0.15) is 6.92 Å². The molecule has 0 saturated carbocycles. The van der Waals surface area contributed by atoms with Crippen LogP contribution in [0, 0.1) is 0 Å². The molecule has 3 heteroatoms. The zero-order chi connectivity index (χ0) is 7.28. The lowest BCUT2D eigenvalue weighted by atomic mass is 10.2. The molecule has 3 N–H and O–H groups in total. The Balaban J connectivity index is 3.98. The lowest BCUT2D eigenvalue weighted by Crippen LogP contribution is -2.24. The number of halogens is 1. The summed E-state index contributed by atoms with van der Waals surface area (Å²) in [5.41, 5.74) is 2.83. The fraction of sp³-hybridized carbons (Fsp3) is 0.333. The molecule has 0 saturated heterocycles. The average Bonchev–Trinajstić information content (AvgIpc) is 1.82. The molecule has 0 bridgehead atoms. The van der Waals surface area contributed by atoms with Crippen molar-refractivity contribution in [1.29, 1.82) is 0 Å². The van der Waals surface area contributed by atoms with Gasteiger partial charge in [0.15, 0.2) is 0 Å². The Kier molecular flexibility index (Phi) is 3.92. The average molecular weight is 130 g/mol. The summed E-state index contributed by atoms with van der Waals surface area (Å²) in [6.45, 7) is 5.10. The van der Waals surface area contributed by atoms with Crippen LogP contribution in [0.5, 0.6) is 0 Å². The van der Waals surface area contributed by atoms with Crippen LogP contribution in [0.4, 0.5) is 4.39 Å². The molecule has 2 nitrogen and oxygen atoms in total. The van der Waals surface area contributed by atoms with Gasteiger partial charge >= 0.3 is 0 Å². The van der Waals surface area contributed by atoms with E-state index in [2.05, 4.69) is 12.0 Å². The van der Waals surface area contributed by atoms with Gasteiger partial charge in [-0.3, -0.25) is 11.3 Å². The molecule has 0 atom stereocenters. The predicted molar refractivity (Wildman–Crippen MR) is 36.2 cm³/mol. The molecule has 0 aromatic heterocycles. The first-order chi connectivity index (χ1) is 4.22. The smallest absolute Gasteiger partial charge is 0.101 e. The fourth-order valence-electron chi connectivity index (χ4n) is 0.445. The first-order valence-corrected chi connectivity index (χ1v) is 2.63. The van der Waals surface area contributed by atoms with Gasteiger partial charge in [0, 0.05) is 6.54 Å². The zero-order valence-corrected chi connectivity index (χ0v) is 5.45. The summed E-state index contributed by atoms with van der Waals surface area (Å²) in [5.74, 6) is 4.70. The Labute approximate surface area is 54.2 Å². The third-order valence-electron chi connectivity index (χ3n) is 0.981. The van der Waals surface area contributed by atoms with Crippen LogP contribution in [-0.4, -0.2) is 6.54 Å². The summed E-state index contributed by atoms with van der Waals surface area (Å²) in [7, 11) is 0. The molecule has 0 aliphatic rings. The zero-order valence-electron chi connectivity index (χ0n) is 5.45. The second-order valence-electron chi connectivity index (χ2n) is 1.64. The van der Waals surface area contributed by atoms with Crippen molar-refractivity contribution in [2.75, 3.05) is 6.54 Å². The van der Waals surface area contributed by atoms with E-state index in [0.717, 1.165) is 0 Å². The molecule has 0 fully saturated rings. The van der Waals surface area contributed by atoms with Crippen LogP contribution in [0.2, 0.25) is 0 Å². The standard InChI is InChI=1S/C6H11FN2/c1-3-6(4-9-8)5(2)7/h3,9H,1,4,8H2,2H3/b6-5-. The van der Waals surface area contributed by atoms with Crippen LogP contribution in [0.3, 0.4) is 0 Å². The maximum atomic E-state index is 12.3. The van der Waals surface area contributed by atoms with Crippen LogP contribution < -0.4 is 11.3 Å². The minimum atomic E-state index is -0.247. The van der Waals surface area contributed by atoms with Crippen molar-refractivity contribution in [3.63, 3.8) is 0 Å². The van der Waals surface area contributed by atoms with Gasteiger partial charge < -0.3 is 0 Å². The highest BCUT2D eigenvalue weighted by Crippen LogP contribution is 2.03. The molecular weight excluding hydrogens is 119 g/mol. The summed E-state index contributed by atoms with van der Waals surface area (Å²) in [6.07, 6.45) is 1.44. The number of hydrogen-bond donors (Lipinski definition) is 2. The molecule has 0 rings (SSSR count). The lowest BCUT2D eigenvalue weighted by molar-refractivity contribution is 0.620. The number of hydrazine groups is 1. The van der Waals surface area contributed by atoms with E-state index >= 15 is 0 Å². The van der Waals surface area contributed by atoms with E-state index in [4.69, 9.17) is 5.84 Å². The first-order valence-electron chi connectivity index (χ1n) is 2.63. The number of hydrogen-bond acceptors (Lipinski definition) is 2. The van der Waals surface area contributed by atoms with Crippen molar-refractivity contribution in [3.05, 3.63) is 24.1 Å². The van der Waals surface area contributed by atoms with Crippen molar-refractivity contribution in [2.24, 2.45) is 5.84 Å². The molecular formula is C6H11FN2. The van der Waals surface area contributed by atoms with Gasteiger partial charge in [-0.25, -0.2) is 4.39 Å². The van der Waals surface area contributed by atoms with Crippen LogP contribution >= 0.6 is 0 Å².